The molecule has 1 saturated heterocycles. The molecule has 0 bridgehead atoms. The Morgan fingerprint density at radius 1 is 1.16 bits per heavy atom. The van der Waals surface area contributed by atoms with Crippen molar-refractivity contribution in [2.45, 2.75) is 44.1 Å². The van der Waals surface area contributed by atoms with Gasteiger partial charge in [-0.1, -0.05) is 28.9 Å². The van der Waals surface area contributed by atoms with E-state index in [0.717, 1.165) is 34.0 Å². The van der Waals surface area contributed by atoms with Gasteiger partial charge in [-0.15, -0.1) is 0 Å². The molecule has 2 aromatic carbocycles. The van der Waals surface area contributed by atoms with Crippen LogP contribution in [0.1, 0.15) is 24.1 Å². The molecule has 0 amide bonds. The van der Waals surface area contributed by atoms with Gasteiger partial charge in [0.2, 0.25) is 0 Å². The van der Waals surface area contributed by atoms with E-state index in [2.05, 4.69) is 10.5 Å². The fourth-order valence-electron chi connectivity index (χ4n) is 3.82. The van der Waals surface area contributed by atoms with Crippen molar-refractivity contribution in [2.24, 2.45) is 0 Å². The lowest BCUT2D eigenvalue weighted by molar-refractivity contribution is -0.115. The first-order chi connectivity index (χ1) is 15.1. The lowest BCUT2D eigenvalue weighted by atomic mass is 9.98. The topological polar surface area (TPSA) is 76.8 Å². The summed E-state index contributed by atoms with van der Waals surface area (Å²) >= 11 is 6.03. The number of hydrogen-bond donors (Lipinski definition) is 2. The Morgan fingerprint density at radius 3 is 2.77 bits per heavy atom. The zero-order valence-electron chi connectivity index (χ0n) is 17.5. The molecule has 2 heterocycles. The second-order valence-corrected chi connectivity index (χ2v) is 8.25. The molecule has 4 rings (SSSR count). The van der Waals surface area contributed by atoms with Crippen LogP contribution in [-0.2, 0) is 17.7 Å². The number of benzene rings is 2. The van der Waals surface area contributed by atoms with E-state index in [9.17, 15) is 5.11 Å². The molecule has 31 heavy (non-hydrogen) atoms. The Morgan fingerprint density at radius 2 is 2.00 bits per heavy atom. The van der Waals surface area contributed by atoms with Gasteiger partial charge in [0.1, 0.15) is 5.75 Å². The maximum atomic E-state index is 10.4. The van der Waals surface area contributed by atoms with Crippen LogP contribution in [0.4, 0.5) is 0 Å². The van der Waals surface area contributed by atoms with Gasteiger partial charge in [0, 0.05) is 36.2 Å². The van der Waals surface area contributed by atoms with Crippen molar-refractivity contribution in [1.82, 2.24) is 10.5 Å². The first kappa shape index (κ1) is 21.8. The second kappa shape index (κ2) is 10.3. The Kier molecular flexibility index (Phi) is 7.25. The van der Waals surface area contributed by atoms with E-state index in [1.165, 1.54) is 0 Å². The fourth-order valence-corrected chi connectivity index (χ4v) is 4.03. The first-order valence-corrected chi connectivity index (χ1v) is 10.9. The number of nitrogens with zero attached hydrogens (tertiary/aromatic N) is 1. The summed E-state index contributed by atoms with van der Waals surface area (Å²) < 4.78 is 16.9. The maximum absolute atomic E-state index is 10.4. The van der Waals surface area contributed by atoms with Gasteiger partial charge in [0.05, 0.1) is 31.1 Å². The van der Waals surface area contributed by atoms with Crippen LogP contribution in [0.25, 0.3) is 11.3 Å². The molecule has 1 aliphatic rings. The molecule has 0 aliphatic carbocycles. The molecule has 6 nitrogen and oxygen atoms in total. The maximum Gasteiger partial charge on any atom is 0.167 e. The number of aromatic nitrogens is 1. The number of nitrogens with one attached hydrogen (secondary N) is 1. The van der Waals surface area contributed by atoms with Gasteiger partial charge in [-0.3, -0.25) is 0 Å². The lowest BCUT2D eigenvalue weighted by Crippen LogP contribution is -2.45. The van der Waals surface area contributed by atoms with Gasteiger partial charge in [-0.05, 0) is 54.8 Å². The highest BCUT2D eigenvalue weighted by molar-refractivity contribution is 6.30. The Labute approximate surface area is 187 Å². The summed E-state index contributed by atoms with van der Waals surface area (Å²) in [6.07, 6.45) is 1.40. The highest BCUT2D eigenvalue weighted by Crippen LogP contribution is 2.26. The molecular weight excluding hydrogens is 416 g/mol. The van der Waals surface area contributed by atoms with Gasteiger partial charge in [-0.25, -0.2) is 0 Å². The molecule has 2 N–H and O–H groups in total. The van der Waals surface area contributed by atoms with Gasteiger partial charge < -0.3 is 24.4 Å². The van der Waals surface area contributed by atoms with Crippen molar-refractivity contribution >= 4 is 11.6 Å². The Balaban J connectivity index is 1.30. The summed E-state index contributed by atoms with van der Waals surface area (Å²) in [6.45, 7) is 1.24. The van der Waals surface area contributed by atoms with E-state index in [4.69, 9.17) is 25.6 Å². The predicted octanol–water partition coefficient (Wildman–Crippen LogP) is 4.24. The zero-order chi connectivity index (χ0) is 21.6. The number of halogens is 1. The average molecular weight is 443 g/mol. The van der Waals surface area contributed by atoms with Gasteiger partial charge in [0.25, 0.3) is 0 Å². The van der Waals surface area contributed by atoms with Crippen LogP contribution in [0.5, 0.6) is 5.75 Å². The number of hydrogen-bond acceptors (Lipinski definition) is 6. The van der Waals surface area contributed by atoms with Gasteiger partial charge in [0.15, 0.2) is 5.76 Å². The normalized spacial score (nSPS) is 21.2. The first-order valence-electron chi connectivity index (χ1n) is 10.5. The van der Waals surface area contributed by atoms with E-state index in [1.807, 2.05) is 54.6 Å². The van der Waals surface area contributed by atoms with E-state index in [-0.39, 0.29) is 12.2 Å². The van der Waals surface area contributed by atoms with E-state index >= 15 is 0 Å². The minimum atomic E-state index is -0.477. The summed E-state index contributed by atoms with van der Waals surface area (Å²) in [5, 5.41) is 18.6. The Bertz CT molecular complexity index is 976. The third-order valence-corrected chi connectivity index (χ3v) is 5.75. The highest BCUT2D eigenvalue weighted by Gasteiger charge is 2.30. The molecule has 3 atom stereocenters. The fraction of sp³-hybridized carbons (Fsp3) is 0.375. The molecular formula is C24H27ClN2O4. The molecule has 1 aromatic heterocycles. The van der Waals surface area contributed by atoms with Crippen LogP contribution < -0.4 is 10.1 Å². The zero-order valence-corrected chi connectivity index (χ0v) is 18.2. The Hall–Kier alpha value is -2.38. The molecule has 0 saturated carbocycles. The van der Waals surface area contributed by atoms with Crippen molar-refractivity contribution in [3.05, 3.63) is 70.9 Å². The second-order valence-electron chi connectivity index (χ2n) is 7.82. The van der Waals surface area contributed by atoms with Crippen molar-refractivity contribution in [2.75, 3.05) is 13.7 Å². The molecule has 0 radical (unpaired) electrons. The summed E-state index contributed by atoms with van der Waals surface area (Å²) in [7, 11) is 1.64. The number of aliphatic hydroxyl groups excluding tert-OH is 1. The van der Waals surface area contributed by atoms with Crippen LogP contribution in [0, 0.1) is 0 Å². The van der Waals surface area contributed by atoms with E-state index in [0.29, 0.717) is 31.7 Å². The summed E-state index contributed by atoms with van der Waals surface area (Å²) in [4.78, 5) is 0. The summed E-state index contributed by atoms with van der Waals surface area (Å²) in [6, 6.07) is 17.4. The van der Waals surface area contributed by atoms with Crippen LogP contribution in [0.3, 0.4) is 0 Å². The average Bonchev–Trinajstić information content (AvgIpc) is 3.24. The van der Waals surface area contributed by atoms with E-state index in [1.54, 1.807) is 7.11 Å². The van der Waals surface area contributed by atoms with Crippen LogP contribution in [0.15, 0.2) is 59.1 Å². The molecule has 0 spiro atoms. The molecule has 1 aliphatic heterocycles. The van der Waals surface area contributed by atoms with Crippen LogP contribution >= 0.6 is 11.6 Å². The third kappa shape index (κ3) is 5.86. The smallest absolute Gasteiger partial charge is 0.167 e. The van der Waals surface area contributed by atoms with Crippen molar-refractivity contribution in [3.8, 4) is 17.1 Å². The van der Waals surface area contributed by atoms with Crippen molar-refractivity contribution in [1.29, 1.82) is 0 Å². The molecule has 0 unspecified atom stereocenters. The largest absolute Gasteiger partial charge is 0.497 e. The minimum Gasteiger partial charge on any atom is -0.497 e. The predicted molar refractivity (Wildman–Crippen MR) is 119 cm³/mol. The summed E-state index contributed by atoms with van der Waals surface area (Å²) in [5.41, 5.74) is 2.89. The lowest BCUT2D eigenvalue weighted by Gasteiger charge is -2.34. The monoisotopic (exact) mass is 442 g/mol. The highest BCUT2D eigenvalue weighted by atomic mass is 35.5. The van der Waals surface area contributed by atoms with Crippen molar-refractivity contribution < 1.29 is 19.1 Å². The quantitative estimate of drug-likeness (QED) is 0.543. The van der Waals surface area contributed by atoms with Gasteiger partial charge >= 0.3 is 0 Å². The molecule has 3 aromatic rings. The number of rotatable bonds is 8. The molecule has 7 heteroatoms. The standard InChI is InChI=1S/C24H27ClN2O4/c1-29-20-7-5-17(6-8-20)23-13-19(27-31-23)12-21-9-10-22(28)24(30-21)15-26-14-16-3-2-4-18(25)11-16/h2-8,11,13,21-22,24,26,28H,9-10,12,14-15H2,1H3/t21-,22-,24+/m0/s1. The van der Waals surface area contributed by atoms with Crippen LogP contribution in [0.2, 0.25) is 5.02 Å². The van der Waals surface area contributed by atoms with Crippen LogP contribution in [-0.4, -0.2) is 42.2 Å². The van der Waals surface area contributed by atoms with Crippen molar-refractivity contribution in [3.63, 3.8) is 0 Å². The molecule has 164 valence electrons. The van der Waals surface area contributed by atoms with E-state index < -0.39 is 6.10 Å². The summed E-state index contributed by atoms with van der Waals surface area (Å²) in [5.74, 6) is 1.51. The molecule has 1 fully saturated rings. The number of aliphatic hydroxyl groups is 1. The number of methoxy groups -OCH3 is 1. The SMILES string of the molecule is COc1ccc(-c2cc(C[C@@H]3CC[C@H](O)[C@@H](CNCc4cccc(Cl)c4)O3)no2)cc1. The van der Waals surface area contributed by atoms with Gasteiger partial charge in [-0.2, -0.15) is 0 Å². The third-order valence-electron chi connectivity index (χ3n) is 5.51. The number of ether oxygens (including phenoxy) is 2. The minimum absolute atomic E-state index is 0.00446.